The summed E-state index contributed by atoms with van der Waals surface area (Å²) in [7, 11) is 0. The fourth-order valence-corrected chi connectivity index (χ4v) is 2.07. The zero-order valence-corrected chi connectivity index (χ0v) is 11.8. The summed E-state index contributed by atoms with van der Waals surface area (Å²) in [5.41, 5.74) is 2.49. The lowest BCUT2D eigenvalue weighted by Gasteiger charge is -2.13. The van der Waals surface area contributed by atoms with Crippen LogP contribution in [0.15, 0.2) is 48.9 Å². The molecule has 6 heteroatoms. The number of aromatic nitrogens is 3. The van der Waals surface area contributed by atoms with Crippen LogP contribution in [0.4, 0.5) is 0 Å². The number of nitrogens with zero attached hydrogens (tertiary/aromatic N) is 4. The predicted molar refractivity (Wildman–Crippen MR) is 78.0 cm³/mol. The van der Waals surface area contributed by atoms with Crippen LogP contribution in [0, 0.1) is 11.3 Å². The number of carbonyl (C=O) groups is 1. The van der Waals surface area contributed by atoms with E-state index < -0.39 is 12.1 Å². The van der Waals surface area contributed by atoms with Crippen LogP contribution in [0.2, 0.25) is 0 Å². The molecule has 3 aromatic rings. The number of carbonyl (C=O) groups excluding carboxylic acids is 1. The first kappa shape index (κ1) is 13.8. The van der Waals surface area contributed by atoms with Crippen LogP contribution in [0.3, 0.4) is 0 Å². The summed E-state index contributed by atoms with van der Waals surface area (Å²) in [5, 5.41) is 16.4. The van der Waals surface area contributed by atoms with Crippen molar-refractivity contribution in [3.8, 4) is 6.07 Å². The fourth-order valence-electron chi connectivity index (χ4n) is 2.07. The van der Waals surface area contributed by atoms with Gasteiger partial charge in [-0.2, -0.15) is 5.26 Å². The molecule has 0 saturated heterocycles. The van der Waals surface area contributed by atoms with Gasteiger partial charge in [0.05, 0.1) is 17.2 Å². The summed E-state index contributed by atoms with van der Waals surface area (Å²) in [6, 6.07) is 12.4. The molecule has 0 bridgehead atoms. The largest absolute Gasteiger partial charge is 0.454 e. The van der Waals surface area contributed by atoms with Crippen molar-refractivity contribution in [1.29, 1.82) is 5.26 Å². The highest BCUT2D eigenvalue weighted by Crippen LogP contribution is 2.19. The van der Waals surface area contributed by atoms with Gasteiger partial charge in [-0.05, 0) is 36.8 Å². The summed E-state index contributed by atoms with van der Waals surface area (Å²) < 4.78 is 7.10. The lowest BCUT2D eigenvalue weighted by molar-refractivity contribution is 0.0337. The molecule has 0 aliphatic carbocycles. The minimum Gasteiger partial charge on any atom is -0.454 e. The van der Waals surface area contributed by atoms with Crippen LogP contribution in [-0.2, 0) is 4.74 Å². The number of rotatable bonds is 3. The Morgan fingerprint density at radius 2 is 2.05 bits per heavy atom. The summed E-state index contributed by atoms with van der Waals surface area (Å²) in [6.45, 7) is 1.79. The van der Waals surface area contributed by atoms with E-state index in [0.29, 0.717) is 16.8 Å². The zero-order valence-electron chi connectivity index (χ0n) is 11.8. The first-order valence-electron chi connectivity index (χ1n) is 6.68. The summed E-state index contributed by atoms with van der Waals surface area (Å²) in [6.07, 6.45) is 2.75. The minimum atomic E-state index is -0.424. The van der Waals surface area contributed by atoms with Crippen molar-refractivity contribution >= 4 is 11.6 Å². The SMILES string of the molecule is C[C@@H](OC(=O)c1ccc2nncn2c1)c1ccc(C#N)cc1. The van der Waals surface area contributed by atoms with E-state index >= 15 is 0 Å². The van der Waals surface area contributed by atoms with Crippen molar-refractivity contribution in [1.82, 2.24) is 14.6 Å². The van der Waals surface area contributed by atoms with Crippen LogP contribution < -0.4 is 0 Å². The molecule has 22 heavy (non-hydrogen) atoms. The molecule has 0 unspecified atom stereocenters. The van der Waals surface area contributed by atoms with Crippen molar-refractivity contribution in [2.45, 2.75) is 13.0 Å². The average molecular weight is 292 g/mol. The molecule has 0 spiro atoms. The Morgan fingerprint density at radius 1 is 1.27 bits per heavy atom. The maximum absolute atomic E-state index is 12.2. The monoisotopic (exact) mass is 292 g/mol. The number of benzene rings is 1. The Balaban J connectivity index is 1.76. The molecule has 0 fully saturated rings. The van der Waals surface area contributed by atoms with E-state index in [0.717, 1.165) is 5.56 Å². The van der Waals surface area contributed by atoms with Crippen molar-refractivity contribution in [2.75, 3.05) is 0 Å². The molecule has 2 aromatic heterocycles. The first-order chi connectivity index (χ1) is 10.7. The van der Waals surface area contributed by atoms with E-state index in [4.69, 9.17) is 10.00 Å². The second-order valence-corrected chi connectivity index (χ2v) is 4.80. The Morgan fingerprint density at radius 3 is 2.77 bits per heavy atom. The van der Waals surface area contributed by atoms with Crippen LogP contribution in [-0.4, -0.2) is 20.6 Å². The Kier molecular flexibility index (Phi) is 3.54. The molecule has 0 N–H and O–H groups in total. The van der Waals surface area contributed by atoms with Crippen LogP contribution in [0.1, 0.15) is 34.5 Å². The maximum Gasteiger partial charge on any atom is 0.340 e. The van der Waals surface area contributed by atoms with Crippen molar-refractivity contribution < 1.29 is 9.53 Å². The Labute approximate surface area is 126 Å². The molecule has 6 nitrogen and oxygen atoms in total. The third-order valence-electron chi connectivity index (χ3n) is 3.32. The number of hydrogen-bond donors (Lipinski definition) is 0. The Hall–Kier alpha value is -3.20. The minimum absolute atomic E-state index is 0.406. The lowest BCUT2D eigenvalue weighted by Crippen LogP contribution is -2.10. The third kappa shape index (κ3) is 2.65. The van der Waals surface area contributed by atoms with Gasteiger partial charge in [0.2, 0.25) is 0 Å². The number of nitriles is 1. The molecule has 0 saturated carbocycles. The highest BCUT2D eigenvalue weighted by Gasteiger charge is 2.14. The smallest absolute Gasteiger partial charge is 0.340 e. The third-order valence-corrected chi connectivity index (χ3v) is 3.32. The van der Waals surface area contributed by atoms with Gasteiger partial charge in [0.15, 0.2) is 5.65 Å². The topological polar surface area (TPSA) is 80.3 Å². The zero-order chi connectivity index (χ0) is 15.5. The van der Waals surface area contributed by atoms with Gasteiger partial charge in [0.25, 0.3) is 0 Å². The highest BCUT2D eigenvalue weighted by atomic mass is 16.5. The van der Waals surface area contributed by atoms with Gasteiger partial charge in [0.1, 0.15) is 12.4 Å². The molecule has 0 amide bonds. The fraction of sp³-hybridized carbons (Fsp3) is 0.125. The van der Waals surface area contributed by atoms with E-state index in [2.05, 4.69) is 16.3 Å². The average Bonchev–Trinajstić information content (AvgIpc) is 3.02. The lowest BCUT2D eigenvalue weighted by atomic mass is 10.1. The molecule has 2 heterocycles. The molecular formula is C16H12N4O2. The molecule has 0 aliphatic heterocycles. The highest BCUT2D eigenvalue weighted by molar-refractivity contribution is 5.89. The molecular weight excluding hydrogens is 280 g/mol. The van der Waals surface area contributed by atoms with Crippen LogP contribution in [0.5, 0.6) is 0 Å². The van der Waals surface area contributed by atoms with E-state index in [9.17, 15) is 4.79 Å². The quantitative estimate of drug-likeness (QED) is 0.693. The number of pyridine rings is 1. The Bertz CT molecular complexity index is 862. The van der Waals surface area contributed by atoms with E-state index in [1.54, 1.807) is 53.9 Å². The van der Waals surface area contributed by atoms with Crippen molar-refractivity contribution in [3.63, 3.8) is 0 Å². The van der Waals surface area contributed by atoms with Gasteiger partial charge in [-0.15, -0.1) is 10.2 Å². The normalized spacial score (nSPS) is 11.8. The van der Waals surface area contributed by atoms with Gasteiger partial charge in [-0.25, -0.2) is 4.79 Å². The van der Waals surface area contributed by atoms with Crippen LogP contribution in [0.25, 0.3) is 5.65 Å². The molecule has 1 aromatic carbocycles. The van der Waals surface area contributed by atoms with E-state index in [-0.39, 0.29) is 0 Å². The molecule has 108 valence electrons. The number of ether oxygens (including phenoxy) is 1. The maximum atomic E-state index is 12.2. The van der Waals surface area contributed by atoms with Gasteiger partial charge < -0.3 is 4.74 Å². The molecule has 1 atom stereocenters. The summed E-state index contributed by atoms with van der Waals surface area (Å²) >= 11 is 0. The van der Waals surface area contributed by atoms with Gasteiger partial charge in [0, 0.05) is 6.20 Å². The van der Waals surface area contributed by atoms with E-state index in [1.165, 1.54) is 6.33 Å². The molecule has 3 rings (SSSR count). The standard InChI is InChI=1S/C16H12N4O2/c1-11(13-4-2-12(8-17)3-5-13)22-16(21)14-6-7-15-19-18-10-20(15)9-14/h2-7,9-11H,1H3/t11-/m1/s1. The number of fused-ring (bicyclic) bond motifs is 1. The summed E-state index contributed by atoms with van der Waals surface area (Å²) in [4.78, 5) is 12.2. The second kappa shape index (κ2) is 5.66. The van der Waals surface area contributed by atoms with Gasteiger partial charge in [-0.1, -0.05) is 12.1 Å². The first-order valence-corrected chi connectivity index (χ1v) is 6.68. The predicted octanol–water partition coefficient (Wildman–Crippen LogP) is 2.52. The van der Waals surface area contributed by atoms with Crippen molar-refractivity contribution in [2.24, 2.45) is 0 Å². The number of esters is 1. The molecule has 0 radical (unpaired) electrons. The van der Waals surface area contributed by atoms with Gasteiger partial charge in [-0.3, -0.25) is 4.40 Å². The summed E-state index contributed by atoms with van der Waals surface area (Å²) in [5.74, 6) is -0.424. The second-order valence-electron chi connectivity index (χ2n) is 4.80. The van der Waals surface area contributed by atoms with Gasteiger partial charge >= 0.3 is 5.97 Å². The van der Waals surface area contributed by atoms with E-state index in [1.807, 2.05) is 0 Å². The number of hydrogen-bond acceptors (Lipinski definition) is 5. The van der Waals surface area contributed by atoms with Crippen molar-refractivity contribution in [3.05, 3.63) is 65.6 Å². The van der Waals surface area contributed by atoms with Crippen LogP contribution >= 0.6 is 0 Å². The molecule has 0 aliphatic rings.